The molecular formula is C18H17N3O2S. The smallest absolute Gasteiger partial charge is 0.255 e. The number of hydrogen-bond donors (Lipinski definition) is 2. The first-order valence-corrected chi connectivity index (χ1v) is 8.36. The van der Waals surface area contributed by atoms with E-state index in [1.165, 1.54) is 18.3 Å². The van der Waals surface area contributed by atoms with Gasteiger partial charge in [0.2, 0.25) is 5.91 Å². The predicted octanol–water partition coefficient (Wildman–Crippen LogP) is 4.12. The summed E-state index contributed by atoms with van der Waals surface area (Å²) in [6, 6.07) is 8.79. The Kier molecular flexibility index (Phi) is 4.31. The summed E-state index contributed by atoms with van der Waals surface area (Å²) in [7, 11) is 0. The van der Waals surface area contributed by atoms with Crippen molar-refractivity contribution in [2.24, 2.45) is 0 Å². The van der Waals surface area contributed by atoms with E-state index in [9.17, 15) is 9.59 Å². The van der Waals surface area contributed by atoms with Crippen LogP contribution in [0.5, 0.6) is 0 Å². The Morgan fingerprint density at radius 2 is 1.79 bits per heavy atom. The number of hydrogen-bond acceptors (Lipinski definition) is 4. The molecule has 3 aromatic rings. The fraction of sp³-hybridized carbons (Fsp3) is 0.167. The molecule has 122 valence electrons. The van der Waals surface area contributed by atoms with E-state index in [0.29, 0.717) is 11.3 Å². The number of pyridine rings is 1. The summed E-state index contributed by atoms with van der Waals surface area (Å²) in [6.45, 7) is 5.42. The van der Waals surface area contributed by atoms with Crippen LogP contribution >= 0.6 is 11.3 Å². The minimum absolute atomic E-state index is 0.143. The SMILES string of the molecule is CC(=O)Nc1ccc(C(=O)Nc2csc3nc(C)cc(C)c23)cc1. The molecule has 1 aromatic carbocycles. The minimum atomic E-state index is -0.191. The summed E-state index contributed by atoms with van der Waals surface area (Å²) in [5, 5.41) is 8.51. The topological polar surface area (TPSA) is 71.1 Å². The van der Waals surface area contributed by atoms with Crippen molar-refractivity contribution in [3.63, 3.8) is 0 Å². The number of anilines is 2. The molecule has 0 unspecified atom stereocenters. The van der Waals surface area contributed by atoms with Crippen molar-refractivity contribution in [1.82, 2.24) is 4.98 Å². The number of nitrogens with one attached hydrogen (secondary N) is 2. The molecule has 0 aliphatic rings. The Labute approximate surface area is 143 Å². The lowest BCUT2D eigenvalue weighted by atomic mass is 10.1. The molecule has 0 bridgehead atoms. The lowest BCUT2D eigenvalue weighted by Crippen LogP contribution is -2.12. The molecule has 2 aromatic heterocycles. The van der Waals surface area contributed by atoms with Gasteiger partial charge >= 0.3 is 0 Å². The number of carbonyl (C=O) groups is 2. The number of nitrogens with zero attached hydrogens (tertiary/aromatic N) is 1. The monoisotopic (exact) mass is 339 g/mol. The van der Waals surface area contributed by atoms with Crippen molar-refractivity contribution >= 4 is 44.7 Å². The van der Waals surface area contributed by atoms with E-state index in [1.54, 1.807) is 24.3 Å². The number of amides is 2. The number of thiophene rings is 1. The third kappa shape index (κ3) is 3.28. The fourth-order valence-corrected chi connectivity index (χ4v) is 3.58. The van der Waals surface area contributed by atoms with Crippen molar-refractivity contribution in [3.8, 4) is 0 Å². The molecule has 0 aliphatic carbocycles. The minimum Gasteiger partial charge on any atom is -0.326 e. The highest BCUT2D eigenvalue weighted by Gasteiger charge is 2.13. The number of carbonyl (C=O) groups excluding carboxylic acids is 2. The fourth-order valence-electron chi connectivity index (χ4n) is 2.58. The Morgan fingerprint density at radius 3 is 2.46 bits per heavy atom. The quantitative estimate of drug-likeness (QED) is 0.754. The van der Waals surface area contributed by atoms with Gasteiger partial charge in [-0.15, -0.1) is 11.3 Å². The van der Waals surface area contributed by atoms with Gasteiger partial charge in [0.1, 0.15) is 4.83 Å². The van der Waals surface area contributed by atoms with Crippen LogP contribution in [-0.2, 0) is 4.79 Å². The van der Waals surface area contributed by atoms with Crippen LogP contribution < -0.4 is 10.6 Å². The van der Waals surface area contributed by atoms with Gasteiger partial charge in [-0.2, -0.15) is 0 Å². The van der Waals surface area contributed by atoms with E-state index in [2.05, 4.69) is 15.6 Å². The maximum Gasteiger partial charge on any atom is 0.255 e. The highest BCUT2D eigenvalue weighted by Crippen LogP contribution is 2.32. The highest BCUT2D eigenvalue weighted by atomic mass is 32.1. The largest absolute Gasteiger partial charge is 0.326 e. The van der Waals surface area contributed by atoms with E-state index in [-0.39, 0.29) is 11.8 Å². The van der Waals surface area contributed by atoms with Crippen molar-refractivity contribution in [1.29, 1.82) is 0 Å². The molecule has 6 heteroatoms. The second-order valence-corrected chi connectivity index (χ2v) is 6.48. The standard InChI is InChI=1S/C18H17N3O2S/c1-10-8-11(2)19-18-16(10)15(9-24-18)21-17(23)13-4-6-14(7-5-13)20-12(3)22/h4-9H,1-3H3,(H,20,22)(H,21,23). The summed E-state index contributed by atoms with van der Waals surface area (Å²) in [6.07, 6.45) is 0. The molecule has 2 heterocycles. The maximum absolute atomic E-state index is 12.5. The third-order valence-corrected chi connectivity index (χ3v) is 4.46. The second-order valence-electron chi connectivity index (χ2n) is 5.62. The van der Waals surface area contributed by atoms with Crippen molar-refractivity contribution in [2.45, 2.75) is 20.8 Å². The highest BCUT2D eigenvalue weighted by molar-refractivity contribution is 7.17. The molecule has 0 saturated carbocycles. The zero-order chi connectivity index (χ0) is 17.3. The van der Waals surface area contributed by atoms with Gasteiger partial charge in [0.25, 0.3) is 5.91 Å². The molecule has 0 aliphatic heterocycles. The van der Waals surface area contributed by atoms with Gasteiger partial charge in [-0.1, -0.05) is 0 Å². The van der Waals surface area contributed by atoms with E-state index >= 15 is 0 Å². The van der Waals surface area contributed by atoms with E-state index < -0.39 is 0 Å². The van der Waals surface area contributed by atoms with Crippen LogP contribution in [0.15, 0.2) is 35.7 Å². The number of fused-ring (bicyclic) bond motifs is 1. The summed E-state index contributed by atoms with van der Waals surface area (Å²) in [5.41, 5.74) is 4.02. The molecule has 2 N–H and O–H groups in total. The van der Waals surface area contributed by atoms with Crippen molar-refractivity contribution in [2.75, 3.05) is 10.6 Å². The first-order valence-electron chi connectivity index (χ1n) is 7.48. The first-order chi connectivity index (χ1) is 11.4. The Morgan fingerprint density at radius 1 is 1.08 bits per heavy atom. The van der Waals surface area contributed by atoms with Crippen LogP contribution in [-0.4, -0.2) is 16.8 Å². The van der Waals surface area contributed by atoms with Gasteiger partial charge in [0.05, 0.1) is 5.69 Å². The van der Waals surface area contributed by atoms with Crippen LogP contribution in [0, 0.1) is 13.8 Å². The van der Waals surface area contributed by atoms with Crippen LogP contribution in [0.1, 0.15) is 28.5 Å². The van der Waals surface area contributed by atoms with Gasteiger partial charge in [0.15, 0.2) is 0 Å². The number of aryl methyl sites for hydroxylation is 2. The summed E-state index contributed by atoms with van der Waals surface area (Å²) in [4.78, 5) is 28.9. The zero-order valence-electron chi connectivity index (χ0n) is 13.6. The zero-order valence-corrected chi connectivity index (χ0v) is 14.5. The van der Waals surface area contributed by atoms with E-state index in [4.69, 9.17) is 0 Å². The number of benzene rings is 1. The maximum atomic E-state index is 12.5. The molecule has 3 rings (SSSR count). The summed E-state index contributed by atoms with van der Waals surface area (Å²) < 4.78 is 0. The molecule has 0 radical (unpaired) electrons. The Balaban J connectivity index is 1.83. The number of aromatic nitrogens is 1. The van der Waals surface area contributed by atoms with Crippen LogP contribution in [0.3, 0.4) is 0 Å². The Hall–Kier alpha value is -2.73. The summed E-state index contributed by atoms with van der Waals surface area (Å²) >= 11 is 1.52. The van der Waals surface area contributed by atoms with Gasteiger partial charge in [-0.3, -0.25) is 9.59 Å². The molecule has 24 heavy (non-hydrogen) atoms. The van der Waals surface area contributed by atoms with Crippen molar-refractivity contribution < 1.29 is 9.59 Å². The average molecular weight is 339 g/mol. The average Bonchev–Trinajstić information content (AvgIpc) is 2.90. The molecule has 5 nitrogen and oxygen atoms in total. The Bertz CT molecular complexity index is 929. The predicted molar refractivity (Wildman–Crippen MR) is 97.8 cm³/mol. The van der Waals surface area contributed by atoms with Crippen molar-refractivity contribution in [3.05, 3.63) is 52.5 Å². The lowest BCUT2D eigenvalue weighted by Gasteiger charge is -2.07. The summed E-state index contributed by atoms with van der Waals surface area (Å²) in [5.74, 6) is -0.334. The van der Waals surface area contributed by atoms with Crippen LogP contribution in [0.25, 0.3) is 10.2 Å². The van der Waals surface area contributed by atoms with Gasteiger partial charge < -0.3 is 10.6 Å². The van der Waals surface area contributed by atoms with Crippen LogP contribution in [0.2, 0.25) is 0 Å². The van der Waals surface area contributed by atoms with E-state index in [1.807, 2.05) is 25.3 Å². The lowest BCUT2D eigenvalue weighted by molar-refractivity contribution is -0.114. The third-order valence-electron chi connectivity index (χ3n) is 3.58. The van der Waals surface area contributed by atoms with Gasteiger partial charge in [0, 0.05) is 34.6 Å². The molecule has 0 atom stereocenters. The molecule has 2 amide bonds. The van der Waals surface area contributed by atoms with Crippen LogP contribution in [0.4, 0.5) is 11.4 Å². The molecule has 0 saturated heterocycles. The molecular weight excluding hydrogens is 322 g/mol. The first kappa shape index (κ1) is 16.1. The van der Waals surface area contributed by atoms with Gasteiger partial charge in [-0.25, -0.2) is 4.98 Å². The van der Waals surface area contributed by atoms with E-state index in [0.717, 1.165) is 27.2 Å². The van der Waals surface area contributed by atoms with Gasteiger partial charge in [-0.05, 0) is 49.7 Å². The number of rotatable bonds is 3. The normalized spacial score (nSPS) is 10.6. The second kappa shape index (κ2) is 6.41. The molecule has 0 fully saturated rings. The molecule has 0 spiro atoms.